The van der Waals surface area contributed by atoms with E-state index in [4.69, 9.17) is 0 Å². The van der Waals surface area contributed by atoms with Crippen LogP contribution in [0.15, 0.2) is 0 Å². The average molecular weight is 447 g/mol. The van der Waals surface area contributed by atoms with E-state index in [9.17, 15) is 61.9 Å². The zero-order valence-electron chi connectivity index (χ0n) is 14.4. The Morgan fingerprint density at radius 1 is 0.571 bits per heavy atom. The van der Waals surface area contributed by atoms with Crippen molar-refractivity contribution >= 4 is 5.91 Å². The van der Waals surface area contributed by atoms with Crippen molar-refractivity contribution in [3.8, 4) is 0 Å². The number of hydrogen-bond donors (Lipinski definition) is 0. The molecule has 0 atom stereocenters. The Hall–Kier alpha value is -1.44. The second-order valence-electron chi connectivity index (χ2n) is 6.27. The summed E-state index contributed by atoms with van der Waals surface area (Å²) in [6.45, 7) is 3.76. The van der Waals surface area contributed by atoms with Crippen LogP contribution in [0.3, 0.4) is 0 Å². The summed E-state index contributed by atoms with van der Waals surface area (Å²) in [5.41, 5.74) is 0. The first-order valence-corrected chi connectivity index (χ1v) is 7.21. The molecule has 0 N–H and O–H groups in total. The molecule has 15 heteroatoms. The number of hydrogen-bond acceptors (Lipinski definition) is 1. The molecule has 0 rings (SSSR count). The van der Waals surface area contributed by atoms with Crippen LogP contribution in [0.1, 0.15) is 27.7 Å². The molecule has 0 spiro atoms. The normalized spacial score (nSPS) is 15.4. The molecule has 28 heavy (non-hydrogen) atoms. The Balaban J connectivity index is 6.51. The first kappa shape index (κ1) is 26.6. The van der Waals surface area contributed by atoms with Crippen molar-refractivity contribution in [2.75, 3.05) is 0 Å². The van der Waals surface area contributed by atoms with Crippen molar-refractivity contribution in [3.05, 3.63) is 0 Å². The van der Waals surface area contributed by atoms with E-state index in [1.54, 1.807) is 0 Å². The van der Waals surface area contributed by atoms with Crippen LogP contribution in [0.5, 0.6) is 0 Å². The third-order valence-electron chi connectivity index (χ3n) is 3.55. The topological polar surface area (TPSA) is 20.3 Å². The summed E-state index contributed by atoms with van der Waals surface area (Å²) in [5, 5.41) is 0. The molecule has 2 nitrogen and oxygen atoms in total. The Bertz CT molecular complexity index is 571. The molecule has 0 unspecified atom stereocenters. The molecule has 0 aliphatic heterocycles. The van der Waals surface area contributed by atoms with Gasteiger partial charge in [-0.15, -0.1) is 0 Å². The number of nitrogens with zero attached hydrogens (tertiary/aromatic N) is 1. The minimum absolute atomic E-state index is 0.149. The summed E-state index contributed by atoms with van der Waals surface area (Å²) < 4.78 is 169. The summed E-state index contributed by atoms with van der Waals surface area (Å²) in [5.74, 6) is -41.3. The van der Waals surface area contributed by atoms with Crippen LogP contribution < -0.4 is 0 Å². The lowest BCUT2D eigenvalue weighted by molar-refractivity contribution is -0.436. The Kier molecular flexibility index (Phi) is 6.75. The van der Waals surface area contributed by atoms with Gasteiger partial charge in [0, 0.05) is 12.1 Å². The molecular formula is C13H14F13NO. The summed E-state index contributed by atoms with van der Waals surface area (Å²) >= 11 is 0. The molecule has 0 aliphatic carbocycles. The maximum Gasteiger partial charge on any atom is 0.460 e. The molecule has 168 valence electrons. The molecule has 0 saturated heterocycles. The van der Waals surface area contributed by atoms with Crippen LogP contribution in [0.25, 0.3) is 0 Å². The minimum atomic E-state index is -8.02. The van der Waals surface area contributed by atoms with Crippen molar-refractivity contribution in [3.63, 3.8) is 0 Å². The molecule has 0 fully saturated rings. The summed E-state index contributed by atoms with van der Waals surface area (Å²) in [7, 11) is 0. The van der Waals surface area contributed by atoms with E-state index in [2.05, 4.69) is 0 Å². The number of rotatable bonds is 7. The lowest BCUT2D eigenvalue weighted by Crippen LogP contribution is -2.72. The monoisotopic (exact) mass is 447 g/mol. The van der Waals surface area contributed by atoms with E-state index >= 15 is 0 Å². The molecule has 0 aliphatic rings. The highest BCUT2D eigenvalue weighted by Gasteiger charge is 2.91. The van der Waals surface area contributed by atoms with Gasteiger partial charge in [0.25, 0.3) is 5.91 Å². The third-order valence-corrected chi connectivity index (χ3v) is 3.55. The fourth-order valence-corrected chi connectivity index (χ4v) is 2.13. The quantitative estimate of drug-likeness (QED) is 0.481. The van der Waals surface area contributed by atoms with Crippen LogP contribution in [0, 0.1) is 0 Å². The zero-order valence-corrected chi connectivity index (χ0v) is 14.4. The molecule has 0 aromatic rings. The average Bonchev–Trinajstić information content (AvgIpc) is 2.44. The van der Waals surface area contributed by atoms with Gasteiger partial charge in [0.15, 0.2) is 0 Å². The van der Waals surface area contributed by atoms with Gasteiger partial charge in [0.2, 0.25) is 0 Å². The van der Waals surface area contributed by atoms with Gasteiger partial charge in [-0.2, -0.15) is 57.1 Å². The van der Waals surface area contributed by atoms with E-state index in [1.165, 1.54) is 0 Å². The van der Waals surface area contributed by atoms with E-state index in [0.717, 1.165) is 27.7 Å². The minimum Gasteiger partial charge on any atom is -0.332 e. The summed E-state index contributed by atoms with van der Waals surface area (Å²) in [6.07, 6.45) is -7.49. The number of amides is 1. The van der Waals surface area contributed by atoms with Crippen molar-refractivity contribution in [2.45, 2.75) is 75.6 Å². The molecule has 0 aromatic heterocycles. The number of alkyl halides is 13. The highest BCUT2D eigenvalue weighted by Crippen LogP contribution is 2.60. The second-order valence-corrected chi connectivity index (χ2v) is 6.27. The van der Waals surface area contributed by atoms with Crippen LogP contribution in [-0.4, -0.2) is 58.7 Å². The fourth-order valence-electron chi connectivity index (χ4n) is 2.13. The smallest absolute Gasteiger partial charge is 0.332 e. The molecule has 0 saturated carbocycles. The van der Waals surface area contributed by atoms with Gasteiger partial charge in [-0.25, -0.2) is 0 Å². The first-order chi connectivity index (χ1) is 11.9. The van der Waals surface area contributed by atoms with Crippen molar-refractivity contribution in [2.24, 2.45) is 0 Å². The molecule has 0 aromatic carbocycles. The maximum atomic E-state index is 13.8. The van der Waals surface area contributed by atoms with Crippen LogP contribution >= 0.6 is 0 Å². The Morgan fingerprint density at radius 2 is 0.857 bits per heavy atom. The van der Waals surface area contributed by atoms with Gasteiger partial charge < -0.3 is 4.90 Å². The van der Waals surface area contributed by atoms with Gasteiger partial charge in [-0.05, 0) is 27.7 Å². The van der Waals surface area contributed by atoms with Crippen LogP contribution in [0.2, 0.25) is 0 Å². The van der Waals surface area contributed by atoms with E-state index in [-0.39, 0.29) is 4.90 Å². The standard InChI is InChI=1S/C13H14F13NO/c1-5(2)27(6(3)4)7(28)8(14,15)9(16,17)10(18,19)11(20,21)12(22,23)13(24,25)26/h5-6H,1-4H3. The van der Waals surface area contributed by atoms with Crippen LogP contribution in [-0.2, 0) is 4.79 Å². The molecular weight excluding hydrogens is 433 g/mol. The molecule has 0 heterocycles. The number of halogens is 13. The molecule has 0 radical (unpaired) electrons. The molecule has 1 amide bonds. The number of carbonyl (C=O) groups is 1. The van der Waals surface area contributed by atoms with Gasteiger partial charge in [0.05, 0.1) is 0 Å². The SMILES string of the molecule is CC(C)N(C(=O)C(F)(F)C(F)(F)C(F)(F)C(F)(F)C(F)(F)C(F)(F)F)C(C)C. The van der Waals surface area contributed by atoms with E-state index in [1.807, 2.05) is 0 Å². The van der Waals surface area contributed by atoms with E-state index < -0.39 is 53.8 Å². The zero-order chi connectivity index (χ0) is 23.3. The highest BCUT2D eigenvalue weighted by atomic mass is 19.4. The Morgan fingerprint density at radius 3 is 1.11 bits per heavy atom. The third kappa shape index (κ3) is 3.60. The molecule has 0 bridgehead atoms. The van der Waals surface area contributed by atoms with Gasteiger partial charge in [0.1, 0.15) is 0 Å². The van der Waals surface area contributed by atoms with Crippen molar-refractivity contribution in [1.29, 1.82) is 0 Å². The maximum absolute atomic E-state index is 13.8. The van der Waals surface area contributed by atoms with Gasteiger partial charge >= 0.3 is 35.8 Å². The predicted molar refractivity (Wildman–Crippen MR) is 67.9 cm³/mol. The van der Waals surface area contributed by atoms with Gasteiger partial charge in [-0.3, -0.25) is 4.79 Å². The highest BCUT2D eigenvalue weighted by molar-refractivity contribution is 5.85. The predicted octanol–water partition coefficient (Wildman–Crippen LogP) is 5.37. The Labute approximate surface area is 149 Å². The lowest BCUT2D eigenvalue weighted by atomic mass is 9.93. The summed E-state index contributed by atoms with van der Waals surface area (Å²) in [4.78, 5) is 11.5. The lowest BCUT2D eigenvalue weighted by Gasteiger charge is -2.41. The first-order valence-electron chi connectivity index (χ1n) is 7.21. The number of carbonyl (C=O) groups excluding carboxylic acids is 1. The van der Waals surface area contributed by atoms with E-state index in [0.29, 0.717) is 0 Å². The largest absolute Gasteiger partial charge is 0.460 e. The summed E-state index contributed by atoms with van der Waals surface area (Å²) in [6, 6.07) is -2.75. The van der Waals surface area contributed by atoms with Gasteiger partial charge in [-0.1, -0.05) is 0 Å². The van der Waals surface area contributed by atoms with Crippen LogP contribution in [0.4, 0.5) is 57.1 Å². The second kappa shape index (κ2) is 7.11. The fraction of sp³-hybridized carbons (Fsp3) is 0.923. The van der Waals surface area contributed by atoms with Crippen molar-refractivity contribution < 1.29 is 61.9 Å². The van der Waals surface area contributed by atoms with Crippen molar-refractivity contribution in [1.82, 2.24) is 4.90 Å².